The fourth-order valence-electron chi connectivity index (χ4n) is 7.11. The molecule has 6 rings (SSSR count). The topological polar surface area (TPSA) is 176 Å². The number of halogens is 11. The van der Waals surface area contributed by atoms with E-state index in [1.807, 2.05) is 10.0 Å². The molecule has 344 valence electrons. The van der Waals surface area contributed by atoms with Crippen molar-refractivity contribution in [3.8, 4) is 23.0 Å². The first-order valence-corrected chi connectivity index (χ1v) is 22.7. The van der Waals surface area contributed by atoms with Crippen molar-refractivity contribution in [1.82, 2.24) is 25.4 Å². The molecular formula is C39H34ClF10N7O5S2. The summed E-state index contributed by atoms with van der Waals surface area (Å²) in [5.41, 5.74) is -6.02. The van der Waals surface area contributed by atoms with E-state index in [9.17, 15) is 56.8 Å². The van der Waals surface area contributed by atoms with Gasteiger partial charge in [0.2, 0.25) is 15.9 Å². The number of allylic oxidation sites excluding steroid dienone is 2. The smallest absolute Gasteiger partial charge is 0.374 e. The lowest BCUT2D eigenvalue weighted by molar-refractivity contribution is -0.141. The normalized spacial score (nSPS) is 18.0. The Morgan fingerprint density at radius 3 is 2.20 bits per heavy atom. The molecule has 4 aromatic rings. The molecule has 0 aliphatic heterocycles. The van der Waals surface area contributed by atoms with Crippen LogP contribution in [0.4, 0.5) is 49.7 Å². The maximum absolute atomic E-state index is 15.3. The molecule has 64 heavy (non-hydrogen) atoms. The standard InChI is InChI=1S/C39H34ClF10N7O5S2/c1-36(2,63(3,59)60)10-9-21-5-6-22(23-7-8-26(40)30-32(23)57(17-37(43,44)45)55-35(30)56-64(4,61)62)31(53-21)27(13-18-11-19(41)14-20(42)12-18)54-28(58)16-52-34-29(33(51)39(48,49)50)24-15-25(24)38(34,46)47/h5-8,11-12,14,24-25,27,51-52H,13,15-17H2,1-4H3,(H,54,58)(H,55,56)/t24-,25+,27-/m0/s1. The largest absolute Gasteiger partial charge is 0.433 e. The van der Waals surface area contributed by atoms with Crippen molar-refractivity contribution in [3.05, 3.63) is 87.3 Å². The van der Waals surface area contributed by atoms with Gasteiger partial charge in [-0.1, -0.05) is 23.6 Å². The Labute approximate surface area is 363 Å². The van der Waals surface area contributed by atoms with E-state index in [0.717, 1.165) is 24.5 Å². The molecule has 2 aliphatic carbocycles. The highest BCUT2D eigenvalue weighted by molar-refractivity contribution is 7.92. The van der Waals surface area contributed by atoms with Gasteiger partial charge in [-0.25, -0.2) is 30.6 Å². The van der Waals surface area contributed by atoms with E-state index in [2.05, 4.69) is 27.2 Å². The minimum atomic E-state index is -5.32. The molecule has 0 radical (unpaired) electrons. The Balaban J connectivity index is 1.56. The van der Waals surface area contributed by atoms with Crippen LogP contribution >= 0.6 is 11.6 Å². The van der Waals surface area contributed by atoms with Crippen molar-refractivity contribution in [3.63, 3.8) is 0 Å². The van der Waals surface area contributed by atoms with E-state index in [1.165, 1.54) is 32.0 Å². The van der Waals surface area contributed by atoms with Gasteiger partial charge in [-0.3, -0.25) is 19.6 Å². The van der Waals surface area contributed by atoms with E-state index >= 15 is 8.78 Å². The molecule has 2 aliphatic rings. The zero-order valence-corrected chi connectivity index (χ0v) is 35.8. The van der Waals surface area contributed by atoms with E-state index < -0.39 is 126 Å². The number of fused-ring (bicyclic) bond motifs is 2. The summed E-state index contributed by atoms with van der Waals surface area (Å²) in [6.07, 6.45) is -9.68. The summed E-state index contributed by atoms with van der Waals surface area (Å²) in [6, 6.07) is 5.27. The van der Waals surface area contributed by atoms with Gasteiger partial charge in [-0.05, 0) is 74.4 Å². The molecule has 1 amide bonds. The number of sulfonamides is 1. The number of anilines is 1. The maximum Gasteiger partial charge on any atom is 0.433 e. The van der Waals surface area contributed by atoms with Gasteiger partial charge < -0.3 is 10.6 Å². The number of nitrogens with zero attached hydrogens (tertiary/aromatic N) is 3. The Hall–Kier alpha value is -5.41. The number of aromatic nitrogens is 3. The van der Waals surface area contributed by atoms with Crippen LogP contribution in [0.5, 0.6) is 0 Å². The van der Waals surface area contributed by atoms with Crippen molar-refractivity contribution in [2.75, 3.05) is 23.8 Å². The Bertz CT molecular complexity index is 2900. The second-order valence-corrected chi connectivity index (χ2v) is 20.4. The van der Waals surface area contributed by atoms with Gasteiger partial charge in [0.1, 0.15) is 34.3 Å². The van der Waals surface area contributed by atoms with E-state index in [4.69, 9.17) is 17.0 Å². The molecule has 0 bridgehead atoms. The van der Waals surface area contributed by atoms with Gasteiger partial charge in [-0.15, -0.1) is 0 Å². The SMILES string of the molecule is CC(C)(C#Cc1ccc(-c2ccc(Cl)c3c(NS(C)(=O)=O)nn(CC(F)(F)F)c23)c([C@H](Cc2cc(F)cc(F)c2)NC(=O)CNC2=C(C(=N)C(F)(F)F)[C@H]3C[C@H]3C2(F)F)n1)S(C)(=O)=O. The van der Waals surface area contributed by atoms with Gasteiger partial charge >= 0.3 is 12.4 Å². The number of carbonyl (C=O) groups excluding carboxylic acids is 1. The zero-order chi connectivity index (χ0) is 47.7. The highest BCUT2D eigenvalue weighted by Gasteiger charge is 2.67. The highest BCUT2D eigenvalue weighted by Crippen LogP contribution is 2.63. The zero-order valence-electron chi connectivity index (χ0n) is 33.5. The van der Waals surface area contributed by atoms with Crippen LogP contribution < -0.4 is 15.4 Å². The van der Waals surface area contributed by atoms with E-state index in [0.29, 0.717) is 17.0 Å². The van der Waals surface area contributed by atoms with Crippen molar-refractivity contribution in [1.29, 1.82) is 5.41 Å². The number of pyridine rings is 1. The van der Waals surface area contributed by atoms with Gasteiger partial charge in [0.05, 0.1) is 46.2 Å². The van der Waals surface area contributed by atoms with Crippen LogP contribution in [-0.2, 0) is 37.6 Å². The third-order valence-electron chi connectivity index (χ3n) is 10.3. The first-order chi connectivity index (χ1) is 29.3. The lowest BCUT2D eigenvalue weighted by Crippen LogP contribution is -2.41. The summed E-state index contributed by atoms with van der Waals surface area (Å²) in [7, 11) is -8.05. The average molecular weight is 970 g/mol. The van der Waals surface area contributed by atoms with E-state index in [1.54, 1.807) is 0 Å². The molecule has 12 nitrogen and oxygen atoms in total. The third kappa shape index (κ3) is 10.3. The predicted molar refractivity (Wildman–Crippen MR) is 215 cm³/mol. The maximum atomic E-state index is 15.3. The number of benzene rings is 2. The van der Waals surface area contributed by atoms with Crippen LogP contribution in [0.25, 0.3) is 22.0 Å². The summed E-state index contributed by atoms with van der Waals surface area (Å²) >= 11 is 6.44. The second-order valence-electron chi connectivity index (χ2n) is 15.7. The van der Waals surface area contributed by atoms with Gasteiger partial charge in [0.15, 0.2) is 15.7 Å². The molecule has 3 atom stereocenters. The fourth-order valence-corrected chi connectivity index (χ4v) is 8.08. The molecule has 0 spiro atoms. The fraction of sp³-hybridized carbons (Fsp3) is 0.385. The number of carbonyl (C=O) groups is 1. The minimum Gasteiger partial charge on any atom is -0.374 e. The van der Waals surface area contributed by atoms with Gasteiger partial charge in [0.25, 0.3) is 5.92 Å². The summed E-state index contributed by atoms with van der Waals surface area (Å²) < 4.78 is 193. The van der Waals surface area contributed by atoms with Crippen molar-refractivity contribution >= 4 is 59.8 Å². The summed E-state index contributed by atoms with van der Waals surface area (Å²) in [4.78, 5) is 18.3. The molecule has 4 N–H and O–H groups in total. The van der Waals surface area contributed by atoms with Gasteiger partial charge in [0, 0.05) is 34.9 Å². The summed E-state index contributed by atoms with van der Waals surface area (Å²) in [6.45, 7) is -0.461. The molecule has 25 heteroatoms. The number of nitrogens with one attached hydrogen (secondary N) is 4. The molecule has 2 aromatic carbocycles. The van der Waals surface area contributed by atoms with Crippen LogP contribution in [0.1, 0.15) is 43.3 Å². The van der Waals surface area contributed by atoms with Crippen molar-refractivity contribution in [2.24, 2.45) is 11.8 Å². The van der Waals surface area contributed by atoms with Crippen LogP contribution in [0.2, 0.25) is 5.02 Å². The molecular weight excluding hydrogens is 936 g/mol. The van der Waals surface area contributed by atoms with Crippen molar-refractivity contribution < 1.29 is 65.5 Å². The number of amides is 1. The molecule has 2 aromatic heterocycles. The Kier molecular flexibility index (Phi) is 12.4. The number of sulfone groups is 1. The van der Waals surface area contributed by atoms with Crippen LogP contribution in [0, 0.1) is 40.7 Å². The van der Waals surface area contributed by atoms with E-state index in [-0.39, 0.29) is 44.9 Å². The number of alkyl halides is 8. The van der Waals surface area contributed by atoms with Crippen molar-refractivity contribution in [2.45, 2.75) is 62.3 Å². The number of hydrogen-bond donors (Lipinski definition) is 4. The average Bonchev–Trinajstić information content (AvgIpc) is 3.81. The Morgan fingerprint density at radius 1 is 1.00 bits per heavy atom. The lowest BCUT2D eigenvalue weighted by Gasteiger charge is -2.24. The molecule has 0 saturated heterocycles. The third-order valence-corrected chi connectivity index (χ3v) is 13.2. The lowest BCUT2D eigenvalue weighted by atomic mass is 9.93. The number of hydrogen-bond acceptors (Lipinski definition) is 9. The second kappa shape index (κ2) is 16.5. The first-order valence-electron chi connectivity index (χ1n) is 18.5. The molecule has 0 unspecified atom stereocenters. The predicted octanol–water partition coefficient (Wildman–Crippen LogP) is 7.25. The van der Waals surface area contributed by atoms with Crippen LogP contribution in [0.15, 0.2) is 53.7 Å². The Morgan fingerprint density at radius 2 is 1.62 bits per heavy atom. The number of rotatable bonds is 13. The molecule has 2 heterocycles. The monoisotopic (exact) mass is 969 g/mol. The first kappa shape index (κ1) is 48.1. The van der Waals surface area contributed by atoms with Crippen LogP contribution in [0.3, 0.4) is 0 Å². The quantitative estimate of drug-likeness (QED) is 0.0616. The summed E-state index contributed by atoms with van der Waals surface area (Å²) in [5.74, 6) is -5.75. The summed E-state index contributed by atoms with van der Waals surface area (Å²) in [5, 5.41) is 15.3. The van der Waals surface area contributed by atoms with Crippen LogP contribution in [-0.4, -0.2) is 85.3 Å². The highest BCUT2D eigenvalue weighted by atomic mass is 35.5. The van der Waals surface area contributed by atoms with Gasteiger partial charge in [-0.2, -0.15) is 40.2 Å². The minimum absolute atomic E-state index is 0.188. The molecule has 1 saturated carbocycles. The molecule has 1 fully saturated rings.